The van der Waals surface area contributed by atoms with Gasteiger partial charge in [0.25, 0.3) is 5.91 Å². The summed E-state index contributed by atoms with van der Waals surface area (Å²) in [5, 5.41) is 3.32. The molecular weight excluding hydrogens is 447 g/mol. The topological polar surface area (TPSA) is 86.9 Å². The van der Waals surface area contributed by atoms with Gasteiger partial charge in [-0.05, 0) is 25.1 Å². The Bertz CT molecular complexity index is 741. The van der Waals surface area contributed by atoms with Gasteiger partial charge in [0.15, 0.2) is 11.7 Å². The molecule has 8 nitrogen and oxygen atoms in total. The van der Waals surface area contributed by atoms with Crippen LogP contribution < -0.4 is 5.32 Å². The van der Waals surface area contributed by atoms with Gasteiger partial charge in [-0.3, -0.25) is 9.79 Å². The van der Waals surface area contributed by atoms with E-state index in [9.17, 15) is 4.79 Å². The Hall–Kier alpha value is -2.17. The lowest BCUT2D eigenvalue weighted by Crippen LogP contribution is -2.53. The number of furan rings is 1. The van der Waals surface area contributed by atoms with Crippen LogP contribution in [0.1, 0.15) is 22.1 Å². The maximum atomic E-state index is 12.3. The summed E-state index contributed by atoms with van der Waals surface area (Å²) >= 11 is 0. The summed E-state index contributed by atoms with van der Waals surface area (Å²) in [6, 6.07) is 5.30. The standard InChI is InChI=1S/C17H22N6O2.HI/c1-13-19-6-5-14(21-13)12-20-17(18-2)23-9-7-22(8-10-23)16(24)15-4-3-11-25-15;/h3-6,11H,7-10,12H2,1-2H3,(H,18,20);1H. The molecule has 26 heavy (non-hydrogen) atoms. The van der Waals surface area contributed by atoms with E-state index < -0.39 is 0 Å². The molecule has 1 aliphatic rings. The van der Waals surface area contributed by atoms with Gasteiger partial charge < -0.3 is 19.5 Å². The Morgan fingerprint density at radius 3 is 2.62 bits per heavy atom. The van der Waals surface area contributed by atoms with E-state index in [-0.39, 0.29) is 29.9 Å². The summed E-state index contributed by atoms with van der Waals surface area (Å²) in [6.07, 6.45) is 3.27. The first kappa shape index (κ1) is 20.1. The van der Waals surface area contributed by atoms with Crippen molar-refractivity contribution >= 4 is 35.8 Å². The number of carbonyl (C=O) groups is 1. The lowest BCUT2D eigenvalue weighted by atomic mass is 10.3. The fourth-order valence-electron chi connectivity index (χ4n) is 2.78. The molecule has 1 aliphatic heterocycles. The van der Waals surface area contributed by atoms with Crippen LogP contribution in [0.2, 0.25) is 0 Å². The van der Waals surface area contributed by atoms with Crippen LogP contribution in [0, 0.1) is 6.92 Å². The van der Waals surface area contributed by atoms with Gasteiger partial charge >= 0.3 is 0 Å². The molecule has 0 aromatic carbocycles. The number of carbonyl (C=O) groups excluding carboxylic acids is 1. The first-order valence-corrected chi connectivity index (χ1v) is 8.24. The third kappa shape index (κ3) is 4.93. The second-order valence-corrected chi connectivity index (χ2v) is 5.75. The van der Waals surface area contributed by atoms with Crippen molar-refractivity contribution in [3.63, 3.8) is 0 Å². The molecule has 9 heteroatoms. The molecule has 0 atom stereocenters. The highest BCUT2D eigenvalue weighted by Crippen LogP contribution is 2.09. The minimum atomic E-state index is -0.0657. The third-order valence-corrected chi connectivity index (χ3v) is 4.07. The number of halogens is 1. The summed E-state index contributed by atoms with van der Waals surface area (Å²) in [6.45, 7) is 5.15. The first-order chi connectivity index (χ1) is 12.2. The summed E-state index contributed by atoms with van der Waals surface area (Å²) in [7, 11) is 1.76. The van der Waals surface area contributed by atoms with E-state index in [0.717, 1.165) is 30.6 Å². The maximum Gasteiger partial charge on any atom is 0.289 e. The Kier molecular flexibility index (Phi) is 7.37. The number of hydrogen-bond acceptors (Lipinski definition) is 5. The number of aryl methyl sites for hydroxylation is 1. The van der Waals surface area contributed by atoms with Gasteiger partial charge in [0.2, 0.25) is 0 Å². The molecule has 0 radical (unpaired) electrons. The maximum absolute atomic E-state index is 12.3. The number of guanidine groups is 1. The zero-order valence-corrected chi connectivity index (χ0v) is 17.2. The van der Waals surface area contributed by atoms with E-state index in [1.54, 1.807) is 30.3 Å². The molecule has 2 aromatic rings. The molecule has 1 N–H and O–H groups in total. The second kappa shape index (κ2) is 9.51. The predicted molar refractivity (Wildman–Crippen MR) is 109 cm³/mol. The van der Waals surface area contributed by atoms with Crippen molar-refractivity contribution in [3.8, 4) is 0 Å². The molecule has 0 spiro atoms. The van der Waals surface area contributed by atoms with Crippen molar-refractivity contribution in [2.24, 2.45) is 4.99 Å². The van der Waals surface area contributed by atoms with Crippen molar-refractivity contribution in [1.82, 2.24) is 25.1 Å². The van der Waals surface area contributed by atoms with Gasteiger partial charge in [0.05, 0.1) is 18.5 Å². The number of aromatic nitrogens is 2. The average Bonchev–Trinajstić information content (AvgIpc) is 3.17. The average molecular weight is 470 g/mol. The Morgan fingerprint density at radius 2 is 2.00 bits per heavy atom. The Labute approximate surface area is 169 Å². The largest absolute Gasteiger partial charge is 0.459 e. The van der Waals surface area contributed by atoms with E-state index in [0.29, 0.717) is 25.4 Å². The molecule has 2 aromatic heterocycles. The predicted octanol–water partition coefficient (Wildman–Crippen LogP) is 1.53. The second-order valence-electron chi connectivity index (χ2n) is 5.75. The Morgan fingerprint density at radius 1 is 1.27 bits per heavy atom. The fourth-order valence-corrected chi connectivity index (χ4v) is 2.78. The number of aliphatic imine (C=N–C) groups is 1. The van der Waals surface area contributed by atoms with Crippen molar-refractivity contribution in [1.29, 1.82) is 0 Å². The summed E-state index contributed by atoms with van der Waals surface area (Å²) in [5.74, 6) is 1.87. The lowest BCUT2D eigenvalue weighted by molar-refractivity contribution is 0.0657. The lowest BCUT2D eigenvalue weighted by Gasteiger charge is -2.36. The summed E-state index contributed by atoms with van der Waals surface area (Å²) in [4.78, 5) is 29.1. The fraction of sp³-hybridized carbons (Fsp3) is 0.412. The molecular formula is C17H23IN6O2. The minimum Gasteiger partial charge on any atom is -0.459 e. The highest BCUT2D eigenvalue weighted by atomic mass is 127. The molecule has 0 unspecified atom stereocenters. The smallest absolute Gasteiger partial charge is 0.289 e. The number of nitrogens with zero attached hydrogens (tertiary/aromatic N) is 5. The molecule has 140 valence electrons. The van der Waals surface area contributed by atoms with Crippen molar-refractivity contribution < 1.29 is 9.21 Å². The highest BCUT2D eigenvalue weighted by Gasteiger charge is 2.25. The Balaban J connectivity index is 0.00000243. The molecule has 1 fully saturated rings. The number of hydrogen-bond donors (Lipinski definition) is 1. The van der Waals surface area contributed by atoms with E-state index in [1.807, 2.05) is 13.0 Å². The van der Waals surface area contributed by atoms with Crippen molar-refractivity contribution in [2.45, 2.75) is 13.5 Å². The van der Waals surface area contributed by atoms with E-state index in [1.165, 1.54) is 6.26 Å². The van der Waals surface area contributed by atoms with Crippen LogP contribution in [0.25, 0.3) is 0 Å². The van der Waals surface area contributed by atoms with Gasteiger partial charge in [-0.2, -0.15) is 0 Å². The van der Waals surface area contributed by atoms with Crippen LogP contribution in [0.5, 0.6) is 0 Å². The molecule has 1 saturated heterocycles. The number of nitrogens with one attached hydrogen (secondary N) is 1. The quantitative estimate of drug-likeness (QED) is 0.416. The SMILES string of the molecule is CN=C(NCc1ccnc(C)n1)N1CCN(C(=O)c2ccco2)CC1.I. The third-order valence-electron chi connectivity index (χ3n) is 4.07. The van der Waals surface area contributed by atoms with Crippen LogP contribution in [0.4, 0.5) is 0 Å². The number of amides is 1. The van der Waals surface area contributed by atoms with E-state index in [2.05, 4.69) is 25.2 Å². The van der Waals surface area contributed by atoms with E-state index in [4.69, 9.17) is 4.42 Å². The number of piperazine rings is 1. The molecule has 3 heterocycles. The molecule has 1 amide bonds. The minimum absolute atomic E-state index is 0. The van der Waals surface area contributed by atoms with Gasteiger partial charge in [-0.1, -0.05) is 0 Å². The molecule has 0 bridgehead atoms. The molecule has 0 saturated carbocycles. The highest BCUT2D eigenvalue weighted by molar-refractivity contribution is 14.0. The van der Waals surface area contributed by atoms with Gasteiger partial charge in [0, 0.05) is 39.4 Å². The van der Waals surface area contributed by atoms with Crippen LogP contribution in [0.15, 0.2) is 40.1 Å². The van der Waals surface area contributed by atoms with Crippen molar-refractivity contribution in [3.05, 3.63) is 47.9 Å². The van der Waals surface area contributed by atoms with Crippen LogP contribution in [-0.4, -0.2) is 64.9 Å². The van der Waals surface area contributed by atoms with Gasteiger partial charge in [0.1, 0.15) is 5.82 Å². The van der Waals surface area contributed by atoms with Crippen molar-refractivity contribution in [2.75, 3.05) is 33.2 Å². The van der Waals surface area contributed by atoms with Crippen LogP contribution in [0.3, 0.4) is 0 Å². The first-order valence-electron chi connectivity index (χ1n) is 8.24. The summed E-state index contributed by atoms with van der Waals surface area (Å²) < 4.78 is 5.19. The number of rotatable bonds is 3. The van der Waals surface area contributed by atoms with E-state index >= 15 is 0 Å². The monoisotopic (exact) mass is 470 g/mol. The van der Waals surface area contributed by atoms with Crippen LogP contribution in [-0.2, 0) is 6.54 Å². The summed E-state index contributed by atoms with van der Waals surface area (Å²) in [5.41, 5.74) is 0.917. The van der Waals surface area contributed by atoms with Gasteiger partial charge in [-0.15, -0.1) is 24.0 Å². The normalized spacial score (nSPS) is 14.8. The zero-order valence-electron chi connectivity index (χ0n) is 14.9. The molecule has 3 rings (SSSR count). The zero-order chi connectivity index (χ0) is 17.6. The van der Waals surface area contributed by atoms with Gasteiger partial charge in [-0.25, -0.2) is 9.97 Å². The van der Waals surface area contributed by atoms with Crippen LogP contribution >= 0.6 is 24.0 Å². The molecule has 0 aliphatic carbocycles.